The normalized spacial score (nSPS) is 10.3. The van der Waals surface area contributed by atoms with E-state index in [0.29, 0.717) is 5.69 Å². The quantitative estimate of drug-likeness (QED) is 0.842. The lowest BCUT2D eigenvalue weighted by Crippen LogP contribution is -2.20. The fourth-order valence-electron chi connectivity index (χ4n) is 1.45. The van der Waals surface area contributed by atoms with E-state index in [1.165, 1.54) is 22.9 Å². The zero-order chi connectivity index (χ0) is 14.0. The largest absolute Gasteiger partial charge is 0.319 e. The average molecular weight is 279 g/mol. The number of hydrogen-bond acceptors (Lipinski definition) is 4. The first kappa shape index (κ1) is 13.2. The van der Waals surface area contributed by atoms with Crippen LogP contribution < -0.4 is 10.9 Å². The molecular weight excluding hydrogens is 268 g/mol. The van der Waals surface area contributed by atoms with Crippen molar-refractivity contribution in [1.29, 1.82) is 0 Å². The van der Waals surface area contributed by atoms with Gasteiger partial charge < -0.3 is 4.57 Å². The molecular formula is C12H11ClN4O2. The highest BCUT2D eigenvalue weighted by Crippen LogP contribution is 2.10. The Morgan fingerprint density at radius 2 is 2.11 bits per heavy atom. The Kier molecular flexibility index (Phi) is 3.62. The highest BCUT2D eigenvalue weighted by molar-refractivity contribution is 6.29. The Hall–Kier alpha value is -2.21. The summed E-state index contributed by atoms with van der Waals surface area (Å²) in [6.45, 7) is 1.74. The van der Waals surface area contributed by atoms with E-state index in [1.54, 1.807) is 20.0 Å². The van der Waals surface area contributed by atoms with Crippen molar-refractivity contribution < 1.29 is 4.79 Å². The van der Waals surface area contributed by atoms with Gasteiger partial charge in [-0.3, -0.25) is 14.9 Å². The van der Waals surface area contributed by atoms with Crippen molar-refractivity contribution in [2.75, 3.05) is 5.32 Å². The van der Waals surface area contributed by atoms with Gasteiger partial charge in [0.15, 0.2) is 0 Å². The van der Waals surface area contributed by atoms with Crippen molar-refractivity contribution in [3.8, 4) is 0 Å². The van der Waals surface area contributed by atoms with Gasteiger partial charge in [-0.2, -0.15) is 0 Å². The van der Waals surface area contributed by atoms with Crippen LogP contribution in [0, 0.1) is 6.92 Å². The van der Waals surface area contributed by atoms with Crippen molar-refractivity contribution in [3.05, 3.63) is 51.2 Å². The smallest absolute Gasteiger partial charge is 0.258 e. The van der Waals surface area contributed by atoms with Crippen LogP contribution in [0.15, 0.2) is 29.2 Å². The fraction of sp³-hybridized carbons (Fsp3) is 0.167. The molecule has 2 aromatic rings. The number of amides is 1. The lowest BCUT2D eigenvalue weighted by Gasteiger charge is -2.05. The fourth-order valence-corrected chi connectivity index (χ4v) is 1.69. The maximum absolute atomic E-state index is 11.9. The molecule has 0 saturated heterocycles. The second-order valence-electron chi connectivity index (χ2n) is 3.97. The molecule has 1 N–H and O–H groups in total. The van der Waals surface area contributed by atoms with Gasteiger partial charge >= 0.3 is 0 Å². The van der Waals surface area contributed by atoms with Gasteiger partial charge in [0, 0.05) is 30.6 Å². The van der Waals surface area contributed by atoms with E-state index in [1.807, 2.05) is 0 Å². The van der Waals surface area contributed by atoms with Gasteiger partial charge in [0.1, 0.15) is 5.15 Å². The van der Waals surface area contributed by atoms with Gasteiger partial charge in [0.2, 0.25) is 5.95 Å². The standard InChI is InChI=1S/C12H11ClN4O2/c1-7-5-9(13)15-12(14-7)16-11(19)8-3-4-17(2)10(18)6-8/h3-6H,1-2H3,(H,14,15,16,19). The zero-order valence-electron chi connectivity index (χ0n) is 10.3. The minimum atomic E-state index is -0.459. The molecule has 1 amide bonds. The van der Waals surface area contributed by atoms with Crippen LogP contribution in [-0.4, -0.2) is 20.4 Å². The van der Waals surface area contributed by atoms with Crippen molar-refractivity contribution >= 4 is 23.5 Å². The summed E-state index contributed by atoms with van der Waals surface area (Å²) in [5.41, 5.74) is 0.611. The lowest BCUT2D eigenvalue weighted by molar-refractivity contribution is 0.102. The molecule has 0 aliphatic heterocycles. The minimum Gasteiger partial charge on any atom is -0.319 e. The Morgan fingerprint density at radius 1 is 1.37 bits per heavy atom. The Bertz CT molecular complexity index is 676. The van der Waals surface area contributed by atoms with Crippen LogP contribution in [0.5, 0.6) is 0 Å². The van der Waals surface area contributed by atoms with E-state index in [4.69, 9.17) is 11.6 Å². The van der Waals surface area contributed by atoms with Crippen LogP contribution in [0.2, 0.25) is 5.15 Å². The summed E-state index contributed by atoms with van der Waals surface area (Å²) in [7, 11) is 1.60. The number of carbonyl (C=O) groups excluding carboxylic acids is 1. The summed E-state index contributed by atoms with van der Waals surface area (Å²) in [4.78, 5) is 31.3. The molecule has 0 aromatic carbocycles. The maximum Gasteiger partial charge on any atom is 0.258 e. The molecule has 2 heterocycles. The molecule has 0 fully saturated rings. The molecule has 2 aromatic heterocycles. The molecule has 0 unspecified atom stereocenters. The van der Waals surface area contributed by atoms with E-state index in [0.717, 1.165) is 0 Å². The van der Waals surface area contributed by atoms with Crippen LogP contribution in [0.3, 0.4) is 0 Å². The van der Waals surface area contributed by atoms with Crippen LogP contribution in [0.1, 0.15) is 16.1 Å². The van der Waals surface area contributed by atoms with Gasteiger partial charge in [0.25, 0.3) is 11.5 Å². The van der Waals surface area contributed by atoms with Crippen molar-refractivity contribution in [1.82, 2.24) is 14.5 Å². The first-order chi connectivity index (χ1) is 8.95. The second-order valence-corrected chi connectivity index (χ2v) is 4.36. The first-order valence-corrected chi connectivity index (χ1v) is 5.83. The summed E-state index contributed by atoms with van der Waals surface area (Å²) in [6, 6.07) is 4.36. The van der Waals surface area contributed by atoms with Gasteiger partial charge in [-0.25, -0.2) is 9.97 Å². The topological polar surface area (TPSA) is 76.9 Å². The number of anilines is 1. The molecule has 7 heteroatoms. The zero-order valence-corrected chi connectivity index (χ0v) is 11.1. The van der Waals surface area contributed by atoms with Gasteiger partial charge in [0.05, 0.1) is 0 Å². The predicted octanol–water partition coefficient (Wildman–Crippen LogP) is 1.39. The van der Waals surface area contributed by atoms with E-state index in [9.17, 15) is 9.59 Å². The molecule has 0 bridgehead atoms. The predicted molar refractivity (Wildman–Crippen MR) is 71.4 cm³/mol. The number of rotatable bonds is 2. The summed E-state index contributed by atoms with van der Waals surface area (Å²) in [5, 5.41) is 2.74. The Labute approximate surface area is 114 Å². The maximum atomic E-state index is 11.9. The molecule has 0 atom stereocenters. The summed E-state index contributed by atoms with van der Waals surface area (Å²) in [5.74, 6) is -0.352. The number of aryl methyl sites for hydroxylation is 2. The van der Waals surface area contributed by atoms with E-state index >= 15 is 0 Å². The van der Waals surface area contributed by atoms with Crippen LogP contribution >= 0.6 is 11.6 Å². The number of carbonyl (C=O) groups is 1. The highest BCUT2D eigenvalue weighted by Gasteiger charge is 2.09. The third kappa shape index (κ3) is 3.17. The third-order valence-electron chi connectivity index (χ3n) is 2.41. The Balaban J connectivity index is 2.25. The summed E-state index contributed by atoms with van der Waals surface area (Å²) >= 11 is 5.77. The minimum absolute atomic E-state index is 0.107. The molecule has 0 aliphatic rings. The number of hydrogen-bond donors (Lipinski definition) is 1. The number of halogens is 1. The van der Waals surface area contributed by atoms with Gasteiger partial charge in [-0.1, -0.05) is 11.6 Å². The first-order valence-electron chi connectivity index (χ1n) is 5.45. The molecule has 0 spiro atoms. The number of pyridine rings is 1. The molecule has 0 radical (unpaired) electrons. The monoisotopic (exact) mass is 278 g/mol. The summed E-state index contributed by atoms with van der Waals surface area (Å²) < 4.78 is 1.37. The molecule has 19 heavy (non-hydrogen) atoms. The molecule has 0 saturated carbocycles. The van der Waals surface area contributed by atoms with E-state index < -0.39 is 5.91 Å². The Morgan fingerprint density at radius 3 is 2.74 bits per heavy atom. The average Bonchev–Trinajstić information content (AvgIpc) is 2.31. The van der Waals surface area contributed by atoms with Crippen molar-refractivity contribution in [2.24, 2.45) is 7.05 Å². The van der Waals surface area contributed by atoms with Crippen LogP contribution in [0.25, 0.3) is 0 Å². The lowest BCUT2D eigenvalue weighted by atomic mass is 10.2. The molecule has 6 nitrogen and oxygen atoms in total. The second kappa shape index (κ2) is 5.19. The SMILES string of the molecule is Cc1cc(Cl)nc(NC(=O)c2ccn(C)c(=O)c2)n1. The van der Waals surface area contributed by atoms with Crippen LogP contribution in [0.4, 0.5) is 5.95 Å². The van der Waals surface area contributed by atoms with Crippen LogP contribution in [-0.2, 0) is 7.05 Å². The van der Waals surface area contributed by atoms with E-state index in [2.05, 4.69) is 15.3 Å². The molecule has 2 rings (SSSR count). The number of aromatic nitrogens is 3. The van der Waals surface area contributed by atoms with E-state index in [-0.39, 0.29) is 22.2 Å². The van der Waals surface area contributed by atoms with Crippen molar-refractivity contribution in [2.45, 2.75) is 6.92 Å². The van der Waals surface area contributed by atoms with Gasteiger partial charge in [-0.05, 0) is 19.1 Å². The van der Waals surface area contributed by atoms with Gasteiger partial charge in [-0.15, -0.1) is 0 Å². The highest BCUT2D eigenvalue weighted by atomic mass is 35.5. The molecule has 98 valence electrons. The molecule has 0 aliphatic carbocycles. The van der Waals surface area contributed by atoms with Crippen molar-refractivity contribution in [3.63, 3.8) is 0 Å². The third-order valence-corrected chi connectivity index (χ3v) is 2.61. The summed E-state index contributed by atoms with van der Waals surface area (Å²) in [6.07, 6.45) is 1.52. The number of nitrogens with zero attached hydrogens (tertiary/aromatic N) is 3. The number of nitrogens with one attached hydrogen (secondary N) is 1.